The summed E-state index contributed by atoms with van der Waals surface area (Å²) in [6.45, 7) is 5.76. The summed E-state index contributed by atoms with van der Waals surface area (Å²) < 4.78 is 2.48. The van der Waals surface area contributed by atoms with E-state index < -0.39 is 0 Å². The molecule has 1 N–H and O–H groups in total. The Labute approximate surface area is 170 Å². The molecule has 0 aliphatic heterocycles. The number of carbonyl (C=O) groups is 1. The molecule has 0 unspecified atom stereocenters. The van der Waals surface area contributed by atoms with Crippen molar-refractivity contribution in [1.82, 2.24) is 14.9 Å². The third-order valence-corrected chi connectivity index (χ3v) is 6.12. The third kappa shape index (κ3) is 5.83. The summed E-state index contributed by atoms with van der Waals surface area (Å²) in [4.78, 5) is 16.6. The van der Waals surface area contributed by atoms with Crippen LogP contribution in [0.5, 0.6) is 0 Å². The van der Waals surface area contributed by atoms with E-state index in [1.165, 1.54) is 49.9 Å². The number of rotatable bonds is 10. The summed E-state index contributed by atoms with van der Waals surface area (Å²) in [5.74, 6) is 2.36. The van der Waals surface area contributed by atoms with Gasteiger partial charge in [-0.2, -0.15) is 0 Å². The van der Waals surface area contributed by atoms with Gasteiger partial charge in [0.25, 0.3) is 0 Å². The fourth-order valence-corrected chi connectivity index (χ4v) is 4.35. The fraction of sp³-hybridized carbons (Fsp3) is 0.667. The van der Waals surface area contributed by atoms with Gasteiger partial charge in [0.15, 0.2) is 0 Å². The molecule has 4 nitrogen and oxygen atoms in total. The van der Waals surface area contributed by atoms with Crippen LogP contribution in [0.3, 0.4) is 0 Å². The van der Waals surface area contributed by atoms with Crippen molar-refractivity contribution in [3.8, 4) is 0 Å². The van der Waals surface area contributed by atoms with Crippen molar-refractivity contribution in [2.24, 2.45) is 11.8 Å². The summed E-state index contributed by atoms with van der Waals surface area (Å²) in [7, 11) is 0. The number of amides is 1. The summed E-state index contributed by atoms with van der Waals surface area (Å²) >= 11 is 0. The number of aromatic nitrogens is 2. The zero-order valence-electron chi connectivity index (χ0n) is 17.8. The molecule has 1 amide bonds. The predicted molar refractivity (Wildman–Crippen MR) is 116 cm³/mol. The quantitative estimate of drug-likeness (QED) is 0.551. The zero-order valence-corrected chi connectivity index (χ0v) is 17.8. The Morgan fingerprint density at radius 1 is 1.14 bits per heavy atom. The van der Waals surface area contributed by atoms with Gasteiger partial charge in [-0.3, -0.25) is 4.79 Å². The molecule has 1 fully saturated rings. The molecule has 1 aliphatic rings. The van der Waals surface area contributed by atoms with Crippen LogP contribution in [0.1, 0.15) is 77.5 Å². The Hall–Kier alpha value is -1.84. The van der Waals surface area contributed by atoms with Gasteiger partial charge in [-0.25, -0.2) is 4.98 Å². The number of benzene rings is 1. The highest BCUT2D eigenvalue weighted by molar-refractivity contribution is 5.77. The first-order valence-electron chi connectivity index (χ1n) is 11.4. The SMILES string of the molecule is CC(C)C(=O)NCCCCCc1nc2ccccc2n1CCC1CCCCC1. The highest BCUT2D eigenvalue weighted by atomic mass is 16.1. The summed E-state index contributed by atoms with van der Waals surface area (Å²) in [5.41, 5.74) is 2.42. The maximum absolute atomic E-state index is 11.6. The van der Waals surface area contributed by atoms with Crippen molar-refractivity contribution in [1.29, 1.82) is 0 Å². The van der Waals surface area contributed by atoms with E-state index in [2.05, 4.69) is 34.1 Å². The smallest absolute Gasteiger partial charge is 0.222 e. The van der Waals surface area contributed by atoms with E-state index >= 15 is 0 Å². The molecule has 1 aliphatic carbocycles. The number of aryl methyl sites for hydroxylation is 2. The van der Waals surface area contributed by atoms with Crippen LogP contribution in [0.4, 0.5) is 0 Å². The van der Waals surface area contributed by atoms with Gasteiger partial charge in [0.05, 0.1) is 11.0 Å². The molecule has 0 atom stereocenters. The van der Waals surface area contributed by atoms with Crippen molar-refractivity contribution in [3.63, 3.8) is 0 Å². The minimum absolute atomic E-state index is 0.0732. The largest absolute Gasteiger partial charge is 0.356 e. The zero-order chi connectivity index (χ0) is 19.8. The number of hydrogen-bond acceptors (Lipinski definition) is 2. The molecule has 0 radical (unpaired) electrons. The van der Waals surface area contributed by atoms with Crippen LogP contribution in [-0.2, 0) is 17.8 Å². The van der Waals surface area contributed by atoms with Crippen molar-refractivity contribution in [2.75, 3.05) is 6.54 Å². The Balaban J connectivity index is 1.52. The van der Waals surface area contributed by atoms with E-state index in [0.717, 1.165) is 50.2 Å². The minimum Gasteiger partial charge on any atom is -0.356 e. The number of nitrogens with zero attached hydrogens (tertiary/aromatic N) is 2. The molecule has 3 rings (SSSR count). The van der Waals surface area contributed by atoms with E-state index in [9.17, 15) is 4.79 Å². The van der Waals surface area contributed by atoms with Crippen LogP contribution in [-0.4, -0.2) is 22.0 Å². The first kappa shape index (κ1) is 20.9. The molecule has 154 valence electrons. The Morgan fingerprint density at radius 2 is 1.93 bits per heavy atom. The second-order valence-electron chi connectivity index (χ2n) is 8.72. The first-order chi connectivity index (χ1) is 13.6. The molecule has 1 saturated carbocycles. The number of para-hydroxylation sites is 2. The first-order valence-corrected chi connectivity index (χ1v) is 11.4. The van der Waals surface area contributed by atoms with Crippen LogP contribution in [0.2, 0.25) is 0 Å². The number of unbranched alkanes of at least 4 members (excludes halogenated alkanes) is 2. The number of fused-ring (bicyclic) bond motifs is 1. The average Bonchev–Trinajstić information content (AvgIpc) is 3.07. The van der Waals surface area contributed by atoms with Crippen molar-refractivity contribution in [2.45, 2.75) is 84.6 Å². The summed E-state index contributed by atoms with van der Waals surface area (Å²) in [6, 6.07) is 8.57. The molecule has 1 aromatic carbocycles. The average molecular weight is 384 g/mol. The van der Waals surface area contributed by atoms with Gasteiger partial charge in [-0.05, 0) is 37.3 Å². The van der Waals surface area contributed by atoms with Crippen LogP contribution in [0.15, 0.2) is 24.3 Å². The highest BCUT2D eigenvalue weighted by Crippen LogP contribution is 2.28. The second-order valence-corrected chi connectivity index (χ2v) is 8.72. The maximum atomic E-state index is 11.6. The van der Waals surface area contributed by atoms with Gasteiger partial charge >= 0.3 is 0 Å². The highest BCUT2D eigenvalue weighted by Gasteiger charge is 2.16. The normalized spacial score (nSPS) is 15.4. The molecular weight excluding hydrogens is 346 g/mol. The molecule has 28 heavy (non-hydrogen) atoms. The van der Waals surface area contributed by atoms with Crippen LogP contribution >= 0.6 is 0 Å². The standard InChI is InChI=1S/C24H37N3O/c1-19(2)24(28)25-17-10-4-7-15-23-26-21-13-8-9-14-22(21)27(23)18-16-20-11-5-3-6-12-20/h8-9,13-14,19-20H,3-7,10-12,15-18H2,1-2H3,(H,25,28). The number of imidazole rings is 1. The molecule has 0 saturated heterocycles. The fourth-order valence-electron chi connectivity index (χ4n) is 4.35. The van der Waals surface area contributed by atoms with Gasteiger partial charge < -0.3 is 9.88 Å². The monoisotopic (exact) mass is 383 g/mol. The van der Waals surface area contributed by atoms with E-state index in [1.54, 1.807) is 0 Å². The van der Waals surface area contributed by atoms with E-state index in [-0.39, 0.29) is 11.8 Å². The molecule has 0 bridgehead atoms. The molecule has 4 heteroatoms. The Kier molecular flexibility index (Phi) is 7.93. The lowest BCUT2D eigenvalue weighted by Crippen LogP contribution is -2.28. The second kappa shape index (κ2) is 10.6. The van der Waals surface area contributed by atoms with Gasteiger partial charge in [-0.15, -0.1) is 0 Å². The van der Waals surface area contributed by atoms with Crippen LogP contribution in [0.25, 0.3) is 11.0 Å². The van der Waals surface area contributed by atoms with Gasteiger partial charge in [0.2, 0.25) is 5.91 Å². The lowest BCUT2D eigenvalue weighted by molar-refractivity contribution is -0.123. The molecule has 2 aromatic rings. The third-order valence-electron chi connectivity index (χ3n) is 6.12. The van der Waals surface area contributed by atoms with Crippen LogP contribution < -0.4 is 5.32 Å². The predicted octanol–water partition coefficient (Wildman–Crippen LogP) is 5.49. The van der Waals surface area contributed by atoms with Gasteiger partial charge in [-0.1, -0.05) is 64.5 Å². The van der Waals surface area contributed by atoms with E-state index in [1.807, 2.05) is 13.8 Å². The molecule has 0 spiro atoms. The summed E-state index contributed by atoms with van der Waals surface area (Å²) in [6.07, 6.45) is 12.7. The molecule has 1 heterocycles. The molecular formula is C24H37N3O. The van der Waals surface area contributed by atoms with Gasteiger partial charge in [0, 0.05) is 25.4 Å². The molecule has 1 aromatic heterocycles. The van der Waals surface area contributed by atoms with E-state index in [0.29, 0.717) is 0 Å². The topological polar surface area (TPSA) is 46.9 Å². The number of nitrogens with one attached hydrogen (secondary N) is 1. The summed E-state index contributed by atoms with van der Waals surface area (Å²) in [5, 5.41) is 3.01. The Bertz CT molecular complexity index is 743. The van der Waals surface area contributed by atoms with E-state index in [4.69, 9.17) is 4.98 Å². The minimum atomic E-state index is 0.0732. The maximum Gasteiger partial charge on any atom is 0.222 e. The Morgan fingerprint density at radius 3 is 2.71 bits per heavy atom. The van der Waals surface area contributed by atoms with Crippen molar-refractivity contribution < 1.29 is 4.79 Å². The lowest BCUT2D eigenvalue weighted by atomic mass is 9.87. The lowest BCUT2D eigenvalue weighted by Gasteiger charge is -2.22. The van der Waals surface area contributed by atoms with Crippen molar-refractivity contribution in [3.05, 3.63) is 30.1 Å². The van der Waals surface area contributed by atoms with Crippen molar-refractivity contribution >= 4 is 16.9 Å². The van der Waals surface area contributed by atoms with Crippen LogP contribution in [0, 0.1) is 11.8 Å². The number of hydrogen-bond donors (Lipinski definition) is 1. The van der Waals surface area contributed by atoms with Gasteiger partial charge in [0.1, 0.15) is 5.82 Å². The number of carbonyl (C=O) groups excluding carboxylic acids is 1.